The van der Waals surface area contributed by atoms with Crippen molar-refractivity contribution in [2.75, 3.05) is 13.7 Å². The molecule has 2 heterocycles. The molecule has 15 heteroatoms. The number of benzene rings is 3. The molecule has 1 saturated carbocycles. The number of nitrogens with two attached hydrogens (primary N) is 1. The van der Waals surface area contributed by atoms with E-state index in [1.165, 1.54) is 31.4 Å². The van der Waals surface area contributed by atoms with Crippen molar-refractivity contribution in [3.63, 3.8) is 0 Å². The summed E-state index contributed by atoms with van der Waals surface area (Å²) in [6, 6.07) is 23.3. The predicted molar refractivity (Wildman–Crippen MR) is 210 cm³/mol. The number of amides is 2. The van der Waals surface area contributed by atoms with E-state index in [1.54, 1.807) is 51.1 Å². The number of carbonyl (C=O) groups excluding carboxylic acids is 5. The topological polar surface area (TPSA) is 201 Å². The van der Waals surface area contributed by atoms with E-state index < -0.39 is 81.1 Å². The maximum absolute atomic E-state index is 15.3. The molecule has 2 aliphatic rings. The van der Waals surface area contributed by atoms with Gasteiger partial charge in [-0.2, -0.15) is 0 Å². The van der Waals surface area contributed by atoms with E-state index in [1.807, 2.05) is 35.1 Å². The van der Waals surface area contributed by atoms with Crippen LogP contribution in [0.25, 0.3) is 22.2 Å². The van der Waals surface area contributed by atoms with Gasteiger partial charge in [-0.1, -0.05) is 54.6 Å². The van der Waals surface area contributed by atoms with Crippen LogP contribution in [0.3, 0.4) is 0 Å². The highest BCUT2D eigenvalue weighted by molar-refractivity contribution is 7.90. The summed E-state index contributed by atoms with van der Waals surface area (Å²) in [5, 5.41) is 0.567. The van der Waals surface area contributed by atoms with Crippen molar-refractivity contribution in [1.29, 1.82) is 0 Å². The number of hydrogen-bond acceptors (Lipinski definition) is 12. The third-order valence-electron chi connectivity index (χ3n) is 10.3. The number of rotatable bonds is 14. The van der Waals surface area contributed by atoms with Crippen molar-refractivity contribution in [3.05, 3.63) is 97.6 Å². The summed E-state index contributed by atoms with van der Waals surface area (Å²) in [5.74, 6) is -2.15. The van der Waals surface area contributed by atoms with Gasteiger partial charge in [0.1, 0.15) is 35.0 Å². The molecule has 4 atom stereocenters. The molecule has 0 unspecified atom stereocenters. The fourth-order valence-corrected chi connectivity index (χ4v) is 8.44. The summed E-state index contributed by atoms with van der Waals surface area (Å²) in [5.41, 5.74) is 0.748. The largest absolute Gasteiger partial charge is 0.497 e. The minimum Gasteiger partial charge on any atom is -0.497 e. The van der Waals surface area contributed by atoms with Crippen molar-refractivity contribution in [3.8, 4) is 22.8 Å². The molecule has 0 spiro atoms. The molecule has 57 heavy (non-hydrogen) atoms. The number of nitrogens with one attached hydrogen (secondary N) is 1. The Morgan fingerprint density at radius 1 is 1.02 bits per heavy atom. The average molecular weight is 797 g/mol. The lowest BCUT2D eigenvalue weighted by Crippen LogP contribution is -2.63. The molecule has 2 amide bonds. The lowest BCUT2D eigenvalue weighted by Gasteiger charge is -2.38. The van der Waals surface area contributed by atoms with Crippen LogP contribution in [0.4, 0.5) is 4.79 Å². The first-order valence-corrected chi connectivity index (χ1v) is 19.7. The first-order chi connectivity index (χ1) is 26.9. The molecule has 6 rings (SSSR count). The minimum absolute atomic E-state index is 0.219. The van der Waals surface area contributed by atoms with E-state index in [-0.39, 0.29) is 17.9 Å². The summed E-state index contributed by atoms with van der Waals surface area (Å²) >= 11 is 0. The first-order valence-electron chi connectivity index (χ1n) is 18.2. The molecular formula is C42H44N4O10S. The molecule has 1 aliphatic carbocycles. The van der Waals surface area contributed by atoms with E-state index in [9.17, 15) is 27.6 Å². The highest BCUT2D eigenvalue weighted by Crippen LogP contribution is 2.60. The Bertz CT molecular complexity index is 2370. The van der Waals surface area contributed by atoms with Crippen LogP contribution in [0.5, 0.6) is 11.5 Å². The zero-order chi connectivity index (χ0) is 41.4. The highest BCUT2D eigenvalue weighted by atomic mass is 32.2. The SMILES string of the molecule is C=C[C@@]1(C(=O)[C@]2(C(=O)CCC=O)C[C@@H](Oc3cc(-c4ccccc4)nc4cc(OC)ccc34)CN2C(=O)OC(C)(C)C)C[C@]1(N)C(=O)NS(=O)(=O)c1ccccc1. The Kier molecular flexibility index (Phi) is 10.9. The number of Topliss-reactive ketones (excluding diaryl/α,β-unsaturated/α-hetero) is 2. The molecule has 0 bridgehead atoms. The lowest BCUT2D eigenvalue weighted by molar-refractivity contribution is -0.146. The molecular weight excluding hydrogens is 753 g/mol. The Morgan fingerprint density at radius 3 is 2.30 bits per heavy atom. The molecule has 3 aromatic carbocycles. The number of ether oxygens (including phenoxy) is 3. The standard InChI is InChI=1S/C42H44N4O10S/c1-6-40(26-42(40,43)37(50)45-57(52,53)30-16-11-8-12-17-30)36(49)41(35(48)18-13-21-47)24-29(25-46(41)38(51)56-39(2,3)4)55-34-23-32(27-14-9-7-10-15-27)44-33-22-28(54-5)19-20-31(33)34/h6-12,14-17,19-23,29H,1,13,18,24-26,43H2,2-5H3,(H,45,50)/t29-,40+,41-,42+/m1/s1. The number of fused-ring (bicyclic) bond motifs is 1. The molecule has 1 aromatic heterocycles. The van der Waals surface area contributed by atoms with Gasteiger partial charge >= 0.3 is 6.09 Å². The number of sulfonamides is 1. The van der Waals surface area contributed by atoms with Gasteiger partial charge in [-0.25, -0.2) is 22.9 Å². The lowest BCUT2D eigenvalue weighted by atomic mass is 9.75. The third kappa shape index (κ3) is 7.52. The number of aromatic nitrogens is 1. The summed E-state index contributed by atoms with van der Waals surface area (Å²) in [6.45, 7) is 8.30. The number of likely N-dealkylation sites (tertiary alicyclic amines) is 1. The number of carbonyl (C=O) groups is 5. The number of ketones is 2. The van der Waals surface area contributed by atoms with Crippen molar-refractivity contribution in [1.82, 2.24) is 14.6 Å². The summed E-state index contributed by atoms with van der Waals surface area (Å²) < 4.78 is 46.2. The zero-order valence-electron chi connectivity index (χ0n) is 32.0. The van der Waals surface area contributed by atoms with Crippen molar-refractivity contribution in [2.45, 2.75) is 74.1 Å². The second kappa shape index (κ2) is 15.2. The van der Waals surface area contributed by atoms with Gasteiger partial charge in [0.25, 0.3) is 15.9 Å². The van der Waals surface area contributed by atoms with Crippen LogP contribution in [0.2, 0.25) is 0 Å². The van der Waals surface area contributed by atoms with E-state index in [0.717, 1.165) is 16.5 Å². The monoisotopic (exact) mass is 796 g/mol. The van der Waals surface area contributed by atoms with Gasteiger partial charge in [0.15, 0.2) is 17.1 Å². The van der Waals surface area contributed by atoms with Gasteiger partial charge in [-0.15, -0.1) is 6.58 Å². The molecule has 2 fully saturated rings. The fraction of sp³-hybridized carbons (Fsp3) is 0.333. The van der Waals surface area contributed by atoms with E-state index in [0.29, 0.717) is 34.4 Å². The highest BCUT2D eigenvalue weighted by Gasteiger charge is 2.78. The third-order valence-corrected chi connectivity index (χ3v) is 11.7. The number of nitrogens with zero attached hydrogens (tertiary/aromatic N) is 2. The molecule has 1 aliphatic heterocycles. The molecule has 1 saturated heterocycles. The Labute approximate surface area is 330 Å². The summed E-state index contributed by atoms with van der Waals surface area (Å²) in [7, 11) is -2.90. The Morgan fingerprint density at radius 2 is 1.68 bits per heavy atom. The maximum Gasteiger partial charge on any atom is 0.411 e. The number of pyridine rings is 1. The molecule has 4 aromatic rings. The molecule has 0 radical (unpaired) electrons. The van der Waals surface area contributed by atoms with E-state index in [2.05, 4.69) is 6.58 Å². The second-order valence-electron chi connectivity index (χ2n) is 15.2. The van der Waals surface area contributed by atoms with Gasteiger partial charge in [-0.05, 0) is 51.5 Å². The fourth-order valence-electron chi connectivity index (χ4n) is 7.38. The van der Waals surface area contributed by atoms with Gasteiger partial charge in [0, 0.05) is 42.3 Å². The van der Waals surface area contributed by atoms with Gasteiger partial charge in [0.2, 0.25) is 0 Å². The van der Waals surface area contributed by atoms with Crippen molar-refractivity contribution < 1.29 is 46.6 Å². The van der Waals surface area contributed by atoms with E-state index in [4.69, 9.17) is 24.9 Å². The zero-order valence-corrected chi connectivity index (χ0v) is 32.8. The summed E-state index contributed by atoms with van der Waals surface area (Å²) in [6.07, 6.45) is -2.08. The molecule has 3 N–H and O–H groups in total. The number of hydrogen-bond donors (Lipinski definition) is 2. The van der Waals surface area contributed by atoms with Gasteiger partial charge < -0.3 is 24.7 Å². The van der Waals surface area contributed by atoms with Crippen LogP contribution in [-0.4, -0.2) is 84.6 Å². The van der Waals surface area contributed by atoms with Crippen LogP contribution in [0.1, 0.15) is 46.5 Å². The smallest absolute Gasteiger partial charge is 0.411 e. The minimum atomic E-state index is -4.43. The van der Waals surface area contributed by atoms with Crippen LogP contribution >= 0.6 is 0 Å². The molecule has 298 valence electrons. The van der Waals surface area contributed by atoms with Gasteiger partial charge in [0.05, 0.1) is 35.2 Å². The number of methoxy groups -OCH3 is 1. The van der Waals surface area contributed by atoms with Crippen LogP contribution in [0.15, 0.2) is 102 Å². The van der Waals surface area contributed by atoms with Crippen LogP contribution < -0.4 is 19.9 Å². The quantitative estimate of drug-likeness (QED) is 0.0992. The average Bonchev–Trinajstić information content (AvgIpc) is 3.65. The predicted octanol–water partition coefficient (Wildman–Crippen LogP) is 4.93. The van der Waals surface area contributed by atoms with Crippen molar-refractivity contribution >= 4 is 50.8 Å². The maximum atomic E-state index is 15.3. The summed E-state index contributed by atoms with van der Waals surface area (Å²) in [4.78, 5) is 75.1. The van der Waals surface area contributed by atoms with Crippen LogP contribution in [-0.2, 0) is 33.9 Å². The van der Waals surface area contributed by atoms with E-state index >= 15 is 4.79 Å². The molecule has 14 nitrogen and oxygen atoms in total. The normalized spacial score (nSPS) is 23.0. The Hall–Kier alpha value is -5.93. The van der Waals surface area contributed by atoms with Crippen LogP contribution in [0, 0.1) is 5.41 Å². The number of aldehydes is 1. The second-order valence-corrected chi connectivity index (χ2v) is 16.9. The first kappa shape index (κ1) is 40.7. The van der Waals surface area contributed by atoms with Crippen molar-refractivity contribution in [2.24, 2.45) is 11.1 Å². The van der Waals surface area contributed by atoms with Gasteiger partial charge in [-0.3, -0.25) is 19.3 Å². The Balaban J connectivity index is 1.45.